The number of hydrogen-bond acceptors (Lipinski definition) is 11. The first-order valence-electron chi connectivity index (χ1n) is 14.0. The van der Waals surface area contributed by atoms with Crippen molar-refractivity contribution >= 4 is 36.5 Å². The predicted octanol–water partition coefficient (Wildman–Crippen LogP) is 0.0619. The number of nitrogens with one attached hydrogen (secondary N) is 4. The molecule has 1 aromatic carbocycles. The third kappa shape index (κ3) is 19.0. The summed E-state index contributed by atoms with van der Waals surface area (Å²) in [7, 11) is 1.66. The average Bonchev–Trinajstić information content (AvgIpc) is 2.97. The van der Waals surface area contributed by atoms with Crippen LogP contribution in [0, 0.1) is 0 Å². The van der Waals surface area contributed by atoms with Gasteiger partial charge in [-0.25, -0.2) is 5.01 Å². The highest BCUT2D eigenvalue weighted by Gasteiger charge is 2.14. The Morgan fingerprint density at radius 1 is 0.810 bits per heavy atom. The molecule has 0 aromatic heterocycles. The Bertz CT molecular complexity index is 920. The minimum atomic E-state index is -0.235. The van der Waals surface area contributed by atoms with E-state index in [0.29, 0.717) is 115 Å². The second kappa shape index (κ2) is 25.4. The number of ether oxygens (including phenoxy) is 4. The summed E-state index contributed by atoms with van der Waals surface area (Å²) in [6.07, 6.45) is 3.32. The van der Waals surface area contributed by atoms with E-state index >= 15 is 0 Å². The van der Waals surface area contributed by atoms with Gasteiger partial charge in [-0.05, 0) is 12.5 Å². The zero-order valence-electron chi connectivity index (χ0n) is 24.4. The number of hydrazine groups is 1. The lowest BCUT2D eigenvalue weighted by Crippen LogP contribution is -2.39. The van der Waals surface area contributed by atoms with Crippen molar-refractivity contribution < 1.29 is 42.9 Å². The lowest BCUT2D eigenvalue weighted by atomic mass is 10.1. The average molecular weight is 596 g/mol. The summed E-state index contributed by atoms with van der Waals surface area (Å²) in [5, 5.41) is 10.0. The van der Waals surface area contributed by atoms with E-state index < -0.39 is 0 Å². The fourth-order valence-corrected chi connectivity index (χ4v) is 3.54. The van der Waals surface area contributed by atoms with Gasteiger partial charge in [-0.2, -0.15) is 0 Å². The lowest BCUT2D eigenvalue weighted by molar-refractivity contribution is -0.125. The van der Waals surface area contributed by atoms with Crippen LogP contribution in [0.25, 0.3) is 0 Å². The Labute approximate surface area is 247 Å². The SMILES string of the molecule is CN(Cc1c(C=O)cccc1NC(=O)CCNCCOCCOCCOCCOCCNC=O)NC(=O)CCCC=O. The number of hydrogen-bond donors (Lipinski definition) is 4. The van der Waals surface area contributed by atoms with E-state index in [-0.39, 0.29) is 31.2 Å². The van der Waals surface area contributed by atoms with Gasteiger partial charge in [0.15, 0.2) is 0 Å². The number of aldehydes is 2. The zero-order chi connectivity index (χ0) is 30.7. The van der Waals surface area contributed by atoms with Crippen LogP contribution in [0.5, 0.6) is 0 Å². The molecule has 42 heavy (non-hydrogen) atoms. The largest absolute Gasteiger partial charge is 0.378 e. The van der Waals surface area contributed by atoms with Gasteiger partial charge in [-0.15, -0.1) is 0 Å². The molecule has 1 rings (SSSR count). The molecule has 14 nitrogen and oxygen atoms in total. The summed E-state index contributed by atoms with van der Waals surface area (Å²) in [6, 6.07) is 5.04. The molecule has 0 radical (unpaired) electrons. The number of unbranched alkanes of at least 4 members (excludes halogenated alkanes) is 1. The summed E-state index contributed by atoms with van der Waals surface area (Å²) in [5.41, 5.74) is 4.20. The third-order valence-electron chi connectivity index (χ3n) is 5.59. The van der Waals surface area contributed by atoms with Crippen LogP contribution >= 0.6 is 0 Å². The van der Waals surface area contributed by atoms with E-state index in [1.807, 2.05) is 0 Å². The fraction of sp³-hybridized carbons (Fsp3) is 0.607. The standard InChI is InChI=1S/C28H45N5O9/c1-33(32-28(38)7-2-3-12-34)21-25-24(22-35)5-4-6-26(25)31-27(37)8-9-29-10-13-39-15-17-41-19-20-42-18-16-40-14-11-30-23-36/h4-6,12,22-23,29H,2-3,7-11,13-21H2,1H3,(H,30,36)(H,31,37)(H,32,38). The summed E-state index contributed by atoms with van der Waals surface area (Å²) in [4.78, 5) is 56.6. The minimum Gasteiger partial charge on any atom is -0.378 e. The molecule has 236 valence electrons. The van der Waals surface area contributed by atoms with E-state index in [4.69, 9.17) is 18.9 Å². The Morgan fingerprint density at radius 2 is 1.45 bits per heavy atom. The molecule has 0 unspecified atom stereocenters. The number of benzene rings is 1. The van der Waals surface area contributed by atoms with Gasteiger partial charge in [-0.3, -0.25) is 24.6 Å². The van der Waals surface area contributed by atoms with Crippen molar-refractivity contribution in [1.82, 2.24) is 21.1 Å². The van der Waals surface area contributed by atoms with Crippen LogP contribution in [0.4, 0.5) is 5.69 Å². The highest BCUT2D eigenvalue weighted by Crippen LogP contribution is 2.20. The van der Waals surface area contributed by atoms with Crippen molar-refractivity contribution in [3.63, 3.8) is 0 Å². The quantitative estimate of drug-likeness (QED) is 0.0586. The molecule has 0 fully saturated rings. The molecule has 3 amide bonds. The second-order valence-corrected chi connectivity index (χ2v) is 9.01. The molecular formula is C28H45N5O9. The van der Waals surface area contributed by atoms with Gasteiger partial charge in [0.05, 0.1) is 52.9 Å². The Hall–Kier alpha value is -3.27. The van der Waals surface area contributed by atoms with Crippen LogP contribution in [-0.2, 0) is 44.7 Å². The summed E-state index contributed by atoms with van der Waals surface area (Å²) in [5.74, 6) is -0.452. The van der Waals surface area contributed by atoms with Crippen LogP contribution in [0.2, 0.25) is 0 Å². The number of anilines is 1. The summed E-state index contributed by atoms with van der Waals surface area (Å²) < 4.78 is 21.5. The van der Waals surface area contributed by atoms with Gasteiger partial charge in [-0.1, -0.05) is 12.1 Å². The van der Waals surface area contributed by atoms with Crippen molar-refractivity contribution in [3.8, 4) is 0 Å². The van der Waals surface area contributed by atoms with E-state index in [1.54, 1.807) is 25.2 Å². The topological polar surface area (TPSA) is 174 Å². The van der Waals surface area contributed by atoms with Crippen LogP contribution in [0.3, 0.4) is 0 Å². The van der Waals surface area contributed by atoms with Crippen molar-refractivity contribution in [1.29, 1.82) is 0 Å². The first kappa shape index (κ1) is 36.8. The lowest BCUT2D eigenvalue weighted by Gasteiger charge is -2.21. The molecular weight excluding hydrogens is 550 g/mol. The molecule has 1 aromatic rings. The number of nitrogens with zero attached hydrogens (tertiary/aromatic N) is 1. The molecule has 0 aliphatic heterocycles. The molecule has 0 saturated heterocycles. The van der Waals surface area contributed by atoms with Gasteiger partial charge >= 0.3 is 0 Å². The van der Waals surface area contributed by atoms with Gasteiger partial charge in [0, 0.05) is 69.3 Å². The Morgan fingerprint density at radius 3 is 2.07 bits per heavy atom. The van der Waals surface area contributed by atoms with Crippen molar-refractivity contribution in [2.75, 3.05) is 84.9 Å². The van der Waals surface area contributed by atoms with Crippen LogP contribution < -0.4 is 21.4 Å². The number of carbonyl (C=O) groups excluding carboxylic acids is 5. The van der Waals surface area contributed by atoms with Gasteiger partial charge in [0.2, 0.25) is 18.2 Å². The van der Waals surface area contributed by atoms with Gasteiger partial charge < -0.3 is 39.7 Å². The fourth-order valence-electron chi connectivity index (χ4n) is 3.54. The first-order valence-corrected chi connectivity index (χ1v) is 14.0. The van der Waals surface area contributed by atoms with Crippen molar-refractivity contribution in [3.05, 3.63) is 29.3 Å². The molecule has 0 bridgehead atoms. The van der Waals surface area contributed by atoms with Crippen molar-refractivity contribution in [2.45, 2.75) is 32.2 Å². The molecule has 0 atom stereocenters. The third-order valence-corrected chi connectivity index (χ3v) is 5.59. The van der Waals surface area contributed by atoms with E-state index in [0.717, 1.165) is 6.29 Å². The first-order chi connectivity index (χ1) is 20.5. The number of rotatable bonds is 28. The highest BCUT2D eigenvalue weighted by molar-refractivity contribution is 5.93. The molecule has 0 spiro atoms. The van der Waals surface area contributed by atoms with E-state index in [9.17, 15) is 24.0 Å². The van der Waals surface area contributed by atoms with Crippen LogP contribution in [0.1, 0.15) is 41.6 Å². The van der Waals surface area contributed by atoms with Crippen molar-refractivity contribution in [2.24, 2.45) is 0 Å². The molecule has 14 heteroatoms. The Kier molecular flexibility index (Phi) is 22.3. The maximum Gasteiger partial charge on any atom is 0.234 e. The van der Waals surface area contributed by atoms with Crippen LogP contribution in [-0.4, -0.2) is 115 Å². The molecule has 0 aliphatic rings. The maximum atomic E-state index is 12.5. The predicted molar refractivity (Wildman–Crippen MR) is 155 cm³/mol. The normalized spacial score (nSPS) is 10.8. The molecule has 0 aliphatic carbocycles. The summed E-state index contributed by atoms with van der Waals surface area (Å²) >= 11 is 0. The monoisotopic (exact) mass is 595 g/mol. The molecule has 4 N–H and O–H groups in total. The van der Waals surface area contributed by atoms with Gasteiger partial charge in [0.25, 0.3) is 0 Å². The molecule has 0 heterocycles. The number of carbonyl (C=O) groups is 5. The smallest absolute Gasteiger partial charge is 0.234 e. The minimum absolute atomic E-state index is 0.202. The van der Waals surface area contributed by atoms with E-state index in [1.165, 1.54) is 5.01 Å². The highest BCUT2D eigenvalue weighted by atomic mass is 16.6. The van der Waals surface area contributed by atoms with Gasteiger partial charge in [0.1, 0.15) is 12.6 Å². The number of amides is 3. The maximum absolute atomic E-state index is 12.5. The Balaban J connectivity index is 2.17. The second-order valence-electron chi connectivity index (χ2n) is 9.01. The van der Waals surface area contributed by atoms with Crippen LogP contribution in [0.15, 0.2) is 18.2 Å². The van der Waals surface area contributed by atoms with E-state index in [2.05, 4.69) is 21.4 Å². The zero-order valence-corrected chi connectivity index (χ0v) is 24.4. The molecule has 0 saturated carbocycles. The summed E-state index contributed by atoms with van der Waals surface area (Å²) in [6.45, 7) is 5.32.